The molecule has 0 spiro atoms. The third kappa shape index (κ3) is 5.99. The summed E-state index contributed by atoms with van der Waals surface area (Å²) in [5.74, 6) is 0.204. The average molecular weight is 592 g/mol. The SMILES string of the molecule is Cc1ccccc1N1CCN(c2cc(Cl)c(C(=O)NC3CCC[C@H](C)[C@@H]3O)cc2NC(=O)c2coc(C3CC3)n2)CC1. The molecule has 3 atom stereocenters. The van der Waals surface area contributed by atoms with Crippen molar-refractivity contribution in [3.8, 4) is 0 Å². The number of aryl methyl sites for hydroxylation is 1. The monoisotopic (exact) mass is 591 g/mol. The van der Waals surface area contributed by atoms with Crippen molar-refractivity contribution in [2.24, 2.45) is 5.92 Å². The molecule has 1 saturated heterocycles. The Morgan fingerprint density at radius 3 is 2.43 bits per heavy atom. The third-order valence-electron chi connectivity index (χ3n) is 8.82. The highest BCUT2D eigenvalue weighted by atomic mass is 35.5. The second-order valence-electron chi connectivity index (χ2n) is 11.9. The average Bonchev–Trinajstić information content (AvgIpc) is 3.72. The zero-order valence-electron chi connectivity index (χ0n) is 24.1. The Balaban J connectivity index is 1.26. The number of aliphatic hydroxyl groups is 1. The van der Waals surface area contributed by atoms with Crippen LogP contribution in [0.2, 0.25) is 5.02 Å². The Labute approximate surface area is 251 Å². The first-order valence-corrected chi connectivity index (χ1v) is 15.3. The number of carbonyl (C=O) groups excluding carboxylic acids is 2. The van der Waals surface area contributed by atoms with Crippen molar-refractivity contribution in [2.45, 2.75) is 64.0 Å². The van der Waals surface area contributed by atoms with Crippen molar-refractivity contribution < 1.29 is 19.1 Å². The molecule has 2 aromatic carbocycles. The maximum Gasteiger partial charge on any atom is 0.277 e. The van der Waals surface area contributed by atoms with E-state index in [2.05, 4.69) is 50.5 Å². The highest BCUT2D eigenvalue weighted by Gasteiger charge is 2.32. The van der Waals surface area contributed by atoms with Crippen LogP contribution in [-0.2, 0) is 0 Å². The van der Waals surface area contributed by atoms with Crippen molar-refractivity contribution in [3.63, 3.8) is 0 Å². The van der Waals surface area contributed by atoms with E-state index in [0.29, 0.717) is 31.1 Å². The Morgan fingerprint density at radius 1 is 1.00 bits per heavy atom. The van der Waals surface area contributed by atoms with Crippen LogP contribution in [0.15, 0.2) is 47.1 Å². The maximum absolute atomic E-state index is 13.4. The molecule has 3 aliphatic rings. The fourth-order valence-electron chi connectivity index (χ4n) is 6.10. The summed E-state index contributed by atoms with van der Waals surface area (Å²) in [6.45, 7) is 7.12. The zero-order valence-corrected chi connectivity index (χ0v) is 24.9. The minimum atomic E-state index is -0.614. The molecule has 3 fully saturated rings. The number of piperazine rings is 1. The van der Waals surface area contributed by atoms with Crippen LogP contribution in [0.5, 0.6) is 0 Å². The summed E-state index contributed by atoms with van der Waals surface area (Å²) in [7, 11) is 0. The number of halogens is 1. The molecule has 3 N–H and O–H groups in total. The van der Waals surface area contributed by atoms with Crippen molar-refractivity contribution >= 4 is 40.5 Å². The topological polar surface area (TPSA) is 111 Å². The van der Waals surface area contributed by atoms with E-state index in [1.54, 1.807) is 12.1 Å². The number of benzene rings is 2. The second kappa shape index (κ2) is 12.0. The lowest BCUT2D eigenvalue weighted by molar-refractivity contribution is 0.0420. The van der Waals surface area contributed by atoms with E-state index >= 15 is 0 Å². The van der Waals surface area contributed by atoms with Crippen LogP contribution in [0.1, 0.15) is 77.2 Å². The van der Waals surface area contributed by atoms with Crippen LogP contribution in [0, 0.1) is 12.8 Å². The van der Waals surface area contributed by atoms with Gasteiger partial charge in [-0.15, -0.1) is 0 Å². The molecule has 6 rings (SSSR count). The number of carbonyl (C=O) groups is 2. The standard InChI is InChI=1S/C32H38ClN5O4/c1-19-6-3-4-9-27(19)37-12-14-38(15-13-37)28-17-23(33)22(30(40)34-24-8-5-7-20(2)29(24)39)16-25(28)35-31(41)26-18-42-32(36-26)21-10-11-21/h3-4,6,9,16-18,20-21,24,29,39H,5,7-8,10-15H2,1-2H3,(H,34,40)(H,35,41)/t20-,24?,29-/m0/s1. The first-order chi connectivity index (χ1) is 20.3. The second-order valence-corrected chi connectivity index (χ2v) is 12.3. The van der Waals surface area contributed by atoms with Gasteiger partial charge in [0.15, 0.2) is 11.6 Å². The number of aromatic nitrogens is 1. The van der Waals surface area contributed by atoms with Gasteiger partial charge in [0.2, 0.25) is 0 Å². The van der Waals surface area contributed by atoms with Crippen molar-refractivity contribution in [3.05, 3.63) is 70.4 Å². The molecule has 2 amide bonds. The number of para-hydroxylation sites is 1. The van der Waals surface area contributed by atoms with E-state index in [0.717, 1.165) is 44.5 Å². The number of amides is 2. The highest BCUT2D eigenvalue weighted by Crippen LogP contribution is 2.39. The Hall–Kier alpha value is -3.56. The molecule has 222 valence electrons. The quantitative estimate of drug-likeness (QED) is 0.339. The van der Waals surface area contributed by atoms with Crippen LogP contribution >= 0.6 is 11.6 Å². The number of hydrogen-bond donors (Lipinski definition) is 3. The fourth-order valence-corrected chi connectivity index (χ4v) is 6.35. The molecule has 10 heteroatoms. The molecule has 0 bridgehead atoms. The van der Waals surface area contributed by atoms with Gasteiger partial charge in [0.1, 0.15) is 6.26 Å². The van der Waals surface area contributed by atoms with Crippen LogP contribution in [0.4, 0.5) is 17.1 Å². The summed E-state index contributed by atoms with van der Waals surface area (Å²) in [5.41, 5.74) is 4.12. The number of anilines is 3. The van der Waals surface area contributed by atoms with Gasteiger partial charge < -0.3 is 30.0 Å². The van der Waals surface area contributed by atoms with Crippen molar-refractivity contribution in [1.29, 1.82) is 0 Å². The number of aliphatic hydroxyl groups excluding tert-OH is 1. The van der Waals surface area contributed by atoms with Crippen LogP contribution in [0.3, 0.4) is 0 Å². The Bertz CT molecular complexity index is 1460. The first-order valence-electron chi connectivity index (χ1n) is 14.9. The molecule has 2 heterocycles. The van der Waals surface area contributed by atoms with E-state index in [-0.39, 0.29) is 40.1 Å². The zero-order chi connectivity index (χ0) is 29.4. The predicted molar refractivity (Wildman–Crippen MR) is 164 cm³/mol. The number of oxazole rings is 1. The minimum Gasteiger partial charge on any atom is -0.448 e. The third-order valence-corrected chi connectivity index (χ3v) is 9.13. The van der Waals surface area contributed by atoms with E-state index < -0.39 is 12.0 Å². The summed E-state index contributed by atoms with van der Waals surface area (Å²) in [6, 6.07) is 11.4. The number of nitrogens with one attached hydrogen (secondary N) is 2. The van der Waals surface area contributed by atoms with Gasteiger partial charge in [0, 0.05) is 37.8 Å². The lowest BCUT2D eigenvalue weighted by atomic mass is 9.84. The molecule has 42 heavy (non-hydrogen) atoms. The van der Waals surface area contributed by atoms with Crippen LogP contribution in [-0.4, -0.2) is 60.2 Å². The van der Waals surface area contributed by atoms with Gasteiger partial charge in [0.25, 0.3) is 11.8 Å². The van der Waals surface area contributed by atoms with Crippen LogP contribution in [0.25, 0.3) is 0 Å². The molecular formula is C32H38ClN5O4. The molecule has 2 aliphatic carbocycles. The van der Waals surface area contributed by atoms with E-state index in [1.807, 2.05) is 13.0 Å². The largest absolute Gasteiger partial charge is 0.448 e. The molecule has 9 nitrogen and oxygen atoms in total. The normalized spacial score (nSPS) is 22.6. The van der Waals surface area contributed by atoms with Gasteiger partial charge >= 0.3 is 0 Å². The summed E-state index contributed by atoms with van der Waals surface area (Å²) in [4.78, 5) is 35.7. The molecule has 3 aromatic rings. The molecular weight excluding hydrogens is 554 g/mol. The molecule has 1 aromatic heterocycles. The molecule has 0 radical (unpaired) electrons. The summed E-state index contributed by atoms with van der Waals surface area (Å²) in [6.07, 6.45) is 5.38. The number of hydrogen-bond acceptors (Lipinski definition) is 7. The van der Waals surface area contributed by atoms with Crippen molar-refractivity contribution in [2.75, 3.05) is 41.3 Å². The Morgan fingerprint density at radius 2 is 1.71 bits per heavy atom. The first kappa shape index (κ1) is 28.6. The lowest BCUT2D eigenvalue weighted by Gasteiger charge is -2.39. The number of nitrogens with zero attached hydrogens (tertiary/aromatic N) is 3. The summed E-state index contributed by atoms with van der Waals surface area (Å²) in [5, 5.41) is 16.9. The van der Waals surface area contributed by atoms with Gasteiger partial charge in [-0.25, -0.2) is 4.98 Å². The molecule has 2 saturated carbocycles. The van der Waals surface area contributed by atoms with E-state index in [1.165, 1.54) is 17.5 Å². The van der Waals surface area contributed by atoms with Gasteiger partial charge in [-0.1, -0.05) is 43.1 Å². The summed E-state index contributed by atoms with van der Waals surface area (Å²) < 4.78 is 5.54. The highest BCUT2D eigenvalue weighted by molar-refractivity contribution is 6.34. The van der Waals surface area contributed by atoms with Gasteiger partial charge in [-0.2, -0.15) is 0 Å². The number of rotatable bonds is 7. The van der Waals surface area contributed by atoms with Gasteiger partial charge in [0.05, 0.1) is 34.1 Å². The van der Waals surface area contributed by atoms with Gasteiger partial charge in [-0.3, -0.25) is 9.59 Å². The molecule has 1 unspecified atom stereocenters. The predicted octanol–water partition coefficient (Wildman–Crippen LogP) is 5.37. The van der Waals surface area contributed by atoms with E-state index in [9.17, 15) is 14.7 Å². The van der Waals surface area contributed by atoms with Crippen LogP contribution < -0.4 is 20.4 Å². The van der Waals surface area contributed by atoms with Crippen molar-refractivity contribution in [1.82, 2.24) is 10.3 Å². The maximum atomic E-state index is 13.4. The fraction of sp³-hybridized carbons (Fsp3) is 0.469. The van der Waals surface area contributed by atoms with Gasteiger partial charge in [-0.05, 0) is 62.3 Å². The van der Waals surface area contributed by atoms with E-state index in [4.69, 9.17) is 16.0 Å². The smallest absolute Gasteiger partial charge is 0.277 e. The Kier molecular flexibility index (Phi) is 8.14. The minimum absolute atomic E-state index is 0.109. The summed E-state index contributed by atoms with van der Waals surface area (Å²) >= 11 is 6.74. The lowest BCUT2D eigenvalue weighted by Crippen LogP contribution is -2.48. The molecule has 1 aliphatic heterocycles.